The van der Waals surface area contributed by atoms with E-state index in [2.05, 4.69) is 9.97 Å². The summed E-state index contributed by atoms with van der Waals surface area (Å²) in [5, 5.41) is 0. The number of fused-ring (bicyclic) bond motifs is 1. The fraction of sp³-hybridized carbons (Fsp3) is 0.455. The molecule has 0 aromatic carbocycles. The van der Waals surface area contributed by atoms with Gasteiger partial charge in [-0.05, 0) is 0 Å². The van der Waals surface area contributed by atoms with Gasteiger partial charge >= 0.3 is 0 Å². The molecule has 0 N–H and O–H groups in total. The lowest BCUT2D eigenvalue weighted by atomic mass is 9.91. The highest BCUT2D eigenvalue weighted by Gasteiger charge is 2.22. The summed E-state index contributed by atoms with van der Waals surface area (Å²) in [5.74, 6) is -0.321. The first-order chi connectivity index (χ1) is 6.91. The van der Waals surface area contributed by atoms with Crippen LogP contribution in [0, 0.1) is 5.82 Å². The van der Waals surface area contributed by atoms with E-state index in [1.807, 2.05) is 20.8 Å². The van der Waals surface area contributed by atoms with E-state index in [0.29, 0.717) is 11.0 Å². The van der Waals surface area contributed by atoms with Gasteiger partial charge in [0.2, 0.25) is 0 Å². The average molecular weight is 207 g/mol. The zero-order chi connectivity index (χ0) is 11.2. The van der Waals surface area contributed by atoms with Crippen molar-refractivity contribution < 1.29 is 4.39 Å². The van der Waals surface area contributed by atoms with E-state index in [4.69, 9.17) is 0 Å². The van der Waals surface area contributed by atoms with Crippen LogP contribution in [0.15, 0.2) is 12.5 Å². The second kappa shape index (κ2) is 3.02. The molecule has 15 heavy (non-hydrogen) atoms. The molecule has 0 aliphatic heterocycles. The topological polar surface area (TPSA) is 30.7 Å². The van der Waals surface area contributed by atoms with E-state index in [1.165, 1.54) is 6.20 Å². The Morgan fingerprint density at radius 2 is 1.93 bits per heavy atom. The van der Waals surface area contributed by atoms with Gasteiger partial charge in [-0.1, -0.05) is 20.8 Å². The van der Waals surface area contributed by atoms with Crippen LogP contribution in [0.25, 0.3) is 11.0 Å². The van der Waals surface area contributed by atoms with Crippen molar-refractivity contribution in [2.75, 3.05) is 0 Å². The van der Waals surface area contributed by atoms with Crippen molar-refractivity contribution >= 4 is 11.0 Å². The summed E-state index contributed by atoms with van der Waals surface area (Å²) in [6, 6.07) is 0. The largest absolute Gasteiger partial charge is 0.331 e. The summed E-state index contributed by atoms with van der Waals surface area (Å²) in [5.41, 5.74) is 1.89. The molecule has 2 heterocycles. The summed E-state index contributed by atoms with van der Waals surface area (Å²) in [7, 11) is 1.78. The first-order valence-corrected chi connectivity index (χ1v) is 4.87. The maximum Gasteiger partial charge on any atom is 0.167 e. The van der Waals surface area contributed by atoms with Crippen LogP contribution in [0.5, 0.6) is 0 Å². The number of nitrogens with zero attached hydrogens (tertiary/aromatic N) is 3. The lowest BCUT2D eigenvalue weighted by Gasteiger charge is -2.17. The van der Waals surface area contributed by atoms with Gasteiger partial charge in [0.15, 0.2) is 5.82 Å². The van der Waals surface area contributed by atoms with Crippen molar-refractivity contribution in [2.45, 2.75) is 26.2 Å². The Morgan fingerprint density at radius 1 is 1.27 bits per heavy atom. The highest BCUT2D eigenvalue weighted by atomic mass is 19.1. The molecule has 0 saturated heterocycles. The Bertz CT molecular complexity index is 508. The monoisotopic (exact) mass is 207 g/mol. The predicted octanol–water partition coefficient (Wildman–Crippen LogP) is 2.40. The minimum Gasteiger partial charge on any atom is -0.331 e. The number of halogens is 1. The highest BCUT2D eigenvalue weighted by Crippen LogP contribution is 2.27. The molecule has 0 unspecified atom stereocenters. The van der Waals surface area contributed by atoms with Gasteiger partial charge in [0.25, 0.3) is 0 Å². The van der Waals surface area contributed by atoms with Crippen molar-refractivity contribution in [1.82, 2.24) is 14.5 Å². The molecule has 0 atom stereocenters. The van der Waals surface area contributed by atoms with Crippen LogP contribution >= 0.6 is 0 Å². The number of hydrogen-bond acceptors (Lipinski definition) is 2. The molecule has 2 aromatic heterocycles. The molecule has 0 spiro atoms. The fourth-order valence-corrected chi connectivity index (χ4v) is 1.68. The molecule has 2 rings (SSSR count). The second-order valence-electron chi connectivity index (χ2n) is 4.76. The molecule has 0 aliphatic rings. The third kappa shape index (κ3) is 1.50. The van der Waals surface area contributed by atoms with Crippen LogP contribution in [0.4, 0.5) is 4.39 Å². The standard InChI is InChI=1S/C11H14FN3/c1-11(2,3)10-8-9(7(12)5-13-10)15(4)6-14-8/h5-6H,1-4H3. The van der Waals surface area contributed by atoms with E-state index in [-0.39, 0.29) is 11.2 Å². The molecule has 0 saturated carbocycles. The summed E-state index contributed by atoms with van der Waals surface area (Å²) >= 11 is 0. The lowest BCUT2D eigenvalue weighted by molar-refractivity contribution is 0.565. The van der Waals surface area contributed by atoms with Crippen LogP contribution in [-0.4, -0.2) is 14.5 Å². The quantitative estimate of drug-likeness (QED) is 0.664. The Morgan fingerprint density at radius 3 is 2.53 bits per heavy atom. The van der Waals surface area contributed by atoms with E-state index < -0.39 is 0 Å². The van der Waals surface area contributed by atoms with Gasteiger partial charge in [-0.25, -0.2) is 9.37 Å². The summed E-state index contributed by atoms with van der Waals surface area (Å²) < 4.78 is 15.2. The minimum atomic E-state index is -0.321. The molecule has 0 fully saturated rings. The maximum absolute atomic E-state index is 13.5. The molecule has 0 aliphatic carbocycles. The number of pyridine rings is 1. The lowest BCUT2D eigenvalue weighted by Crippen LogP contribution is -2.14. The van der Waals surface area contributed by atoms with Gasteiger partial charge in [-0.3, -0.25) is 4.98 Å². The Balaban J connectivity index is 2.85. The molecule has 4 heteroatoms. The summed E-state index contributed by atoms with van der Waals surface area (Å²) in [6.07, 6.45) is 2.88. The van der Waals surface area contributed by atoms with Crippen LogP contribution in [0.3, 0.4) is 0 Å². The predicted molar refractivity (Wildman–Crippen MR) is 57.2 cm³/mol. The zero-order valence-corrected chi connectivity index (χ0v) is 9.37. The second-order valence-corrected chi connectivity index (χ2v) is 4.76. The van der Waals surface area contributed by atoms with Crippen LogP contribution in [0.2, 0.25) is 0 Å². The molecular formula is C11H14FN3. The van der Waals surface area contributed by atoms with E-state index in [9.17, 15) is 4.39 Å². The van der Waals surface area contributed by atoms with Crippen molar-refractivity contribution in [3.05, 3.63) is 24.0 Å². The molecule has 80 valence electrons. The summed E-state index contributed by atoms with van der Waals surface area (Å²) in [4.78, 5) is 8.35. The molecule has 2 aromatic rings. The third-order valence-electron chi connectivity index (χ3n) is 2.40. The van der Waals surface area contributed by atoms with Gasteiger partial charge in [-0.2, -0.15) is 0 Å². The summed E-state index contributed by atoms with van der Waals surface area (Å²) in [6.45, 7) is 6.13. The number of rotatable bonds is 0. The average Bonchev–Trinajstić information content (AvgIpc) is 2.47. The van der Waals surface area contributed by atoms with Crippen LogP contribution < -0.4 is 0 Å². The van der Waals surface area contributed by atoms with E-state index in [1.54, 1.807) is 17.9 Å². The van der Waals surface area contributed by atoms with E-state index in [0.717, 1.165) is 5.69 Å². The van der Waals surface area contributed by atoms with Crippen LogP contribution in [0.1, 0.15) is 26.5 Å². The highest BCUT2D eigenvalue weighted by molar-refractivity contribution is 5.78. The first kappa shape index (κ1) is 10.1. The van der Waals surface area contributed by atoms with E-state index >= 15 is 0 Å². The Kier molecular flexibility index (Phi) is 2.03. The van der Waals surface area contributed by atoms with Crippen molar-refractivity contribution in [3.63, 3.8) is 0 Å². The minimum absolute atomic E-state index is 0.125. The van der Waals surface area contributed by atoms with Crippen LogP contribution in [-0.2, 0) is 12.5 Å². The molecule has 0 radical (unpaired) electrons. The van der Waals surface area contributed by atoms with Gasteiger partial charge in [-0.15, -0.1) is 0 Å². The first-order valence-electron chi connectivity index (χ1n) is 4.87. The number of hydrogen-bond donors (Lipinski definition) is 0. The van der Waals surface area contributed by atoms with Gasteiger partial charge in [0.05, 0.1) is 18.2 Å². The fourth-order valence-electron chi connectivity index (χ4n) is 1.68. The molecule has 0 amide bonds. The third-order valence-corrected chi connectivity index (χ3v) is 2.40. The van der Waals surface area contributed by atoms with Gasteiger partial charge in [0, 0.05) is 12.5 Å². The van der Waals surface area contributed by atoms with Crippen molar-refractivity contribution in [2.24, 2.45) is 7.05 Å². The van der Waals surface area contributed by atoms with Crippen molar-refractivity contribution in [1.29, 1.82) is 0 Å². The smallest absolute Gasteiger partial charge is 0.167 e. The Labute approximate surface area is 88.0 Å². The molecular weight excluding hydrogens is 193 g/mol. The zero-order valence-electron chi connectivity index (χ0n) is 9.37. The number of aromatic nitrogens is 3. The number of imidazole rings is 1. The van der Waals surface area contributed by atoms with Gasteiger partial charge < -0.3 is 4.57 Å². The maximum atomic E-state index is 13.5. The molecule has 3 nitrogen and oxygen atoms in total. The Hall–Kier alpha value is -1.45. The number of aryl methyl sites for hydroxylation is 1. The van der Waals surface area contributed by atoms with Gasteiger partial charge in [0.1, 0.15) is 11.0 Å². The van der Waals surface area contributed by atoms with Crippen molar-refractivity contribution in [3.8, 4) is 0 Å². The SMILES string of the molecule is Cn1cnc2c(C(C)(C)C)ncc(F)c21. The molecule has 0 bridgehead atoms. The normalized spacial score (nSPS) is 12.3.